The first-order valence-electron chi connectivity index (χ1n) is 5.89. The van der Waals surface area contributed by atoms with E-state index in [2.05, 4.69) is 0 Å². The first-order valence-corrected chi connectivity index (χ1v) is 6.27. The number of carboxylic acid groups (broad SMARTS) is 1. The van der Waals surface area contributed by atoms with Crippen LogP contribution in [0.1, 0.15) is 23.2 Å². The van der Waals surface area contributed by atoms with E-state index in [1.165, 1.54) is 12.1 Å². The summed E-state index contributed by atoms with van der Waals surface area (Å²) in [6.07, 6.45) is 0.895. The number of amides is 1. The Morgan fingerprint density at radius 2 is 2.15 bits per heavy atom. The highest BCUT2D eigenvalue weighted by Crippen LogP contribution is 2.27. The summed E-state index contributed by atoms with van der Waals surface area (Å²) < 4.78 is 0. The van der Waals surface area contributed by atoms with Crippen molar-refractivity contribution < 1.29 is 19.6 Å². The largest absolute Gasteiger partial charge is 0.480 e. The van der Waals surface area contributed by atoms with Gasteiger partial charge in [-0.25, -0.2) is 4.79 Å². The third-order valence-corrected chi connectivity index (χ3v) is 3.42. The van der Waals surface area contributed by atoms with Crippen LogP contribution in [0, 0.1) is 10.1 Å². The summed E-state index contributed by atoms with van der Waals surface area (Å²) >= 11 is 5.76. The smallest absolute Gasteiger partial charge is 0.326 e. The van der Waals surface area contributed by atoms with E-state index in [4.69, 9.17) is 16.7 Å². The summed E-state index contributed by atoms with van der Waals surface area (Å²) in [6, 6.07) is 2.71. The van der Waals surface area contributed by atoms with E-state index >= 15 is 0 Å². The first kappa shape index (κ1) is 14.3. The molecule has 0 saturated carbocycles. The number of hydrogen-bond acceptors (Lipinski definition) is 4. The number of benzene rings is 1. The molecule has 1 aliphatic rings. The zero-order valence-corrected chi connectivity index (χ0v) is 11.0. The fraction of sp³-hybridized carbons (Fsp3) is 0.333. The van der Waals surface area contributed by atoms with Gasteiger partial charge in [0, 0.05) is 17.6 Å². The maximum Gasteiger partial charge on any atom is 0.326 e. The van der Waals surface area contributed by atoms with Gasteiger partial charge in [0.25, 0.3) is 11.6 Å². The van der Waals surface area contributed by atoms with Gasteiger partial charge in [-0.3, -0.25) is 14.9 Å². The maximum absolute atomic E-state index is 12.3. The van der Waals surface area contributed by atoms with Crippen molar-refractivity contribution in [2.45, 2.75) is 18.9 Å². The van der Waals surface area contributed by atoms with Gasteiger partial charge in [-0.15, -0.1) is 0 Å². The van der Waals surface area contributed by atoms with Crippen molar-refractivity contribution in [1.29, 1.82) is 0 Å². The van der Waals surface area contributed by atoms with Crippen molar-refractivity contribution >= 4 is 29.2 Å². The summed E-state index contributed by atoms with van der Waals surface area (Å²) in [5.74, 6) is -1.79. The van der Waals surface area contributed by atoms with Crippen molar-refractivity contribution in [2.75, 3.05) is 6.54 Å². The Labute approximate surface area is 118 Å². The molecule has 2 rings (SSSR count). The monoisotopic (exact) mass is 298 g/mol. The number of aliphatic carboxylic acids is 1. The molecule has 1 heterocycles. The van der Waals surface area contributed by atoms with Crippen LogP contribution in [0.4, 0.5) is 5.69 Å². The van der Waals surface area contributed by atoms with E-state index < -0.39 is 22.8 Å². The highest BCUT2D eigenvalue weighted by molar-refractivity contribution is 6.31. The second-order valence-electron chi connectivity index (χ2n) is 4.41. The van der Waals surface area contributed by atoms with E-state index in [0.29, 0.717) is 12.8 Å². The number of carbonyl (C=O) groups is 2. The van der Waals surface area contributed by atoms with Crippen molar-refractivity contribution in [3.63, 3.8) is 0 Å². The van der Waals surface area contributed by atoms with Crippen LogP contribution in [0.5, 0.6) is 0 Å². The lowest BCUT2D eigenvalue weighted by atomic mass is 10.1. The van der Waals surface area contributed by atoms with Crippen LogP contribution in [-0.4, -0.2) is 39.4 Å². The summed E-state index contributed by atoms with van der Waals surface area (Å²) in [6.45, 7) is 0.263. The average Bonchev–Trinajstić information content (AvgIpc) is 2.86. The number of carboxylic acids is 1. The number of carbonyl (C=O) groups excluding carboxylic acids is 1. The molecule has 1 aliphatic heterocycles. The summed E-state index contributed by atoms with van der Waals surface area (Å²) in [5, 5.41) is 20.2. The van der Waals surface area contributed by atoms with Crippen LogP contribution < -0.4 is 0 Å². The fourth-order valence-corrected chi connectivity index (χ4v) is 2.43. The van der Waals surface area contributed by atoms with Gasteiger partial charge in [0.1, 0.15) is 11.6 Å². The second-order valence-corrected chi connectivity index (χ2v) is 4.85. The third kappa shape index (κ3) is 2.57. The Kier molecular flexibility index (Phi) is 3.89. The molecule has 1 fully saturated rings. The van der Waals surface area contributed by atoms with Crippen LogP contribution >= 0.6 is 11.6 Å². The van der Waals surface area contributed by atoms with Crippen molar-refractivity contribution in [3.8, 4) is 0 Å². The van der Waals surface area contributed by atoms with Gasteiger partial charge in [-0.2, -0.15) is 0 Å². The molecule has 1 aromatic rings. The third-order valence-electron chi connectivity index (χ3n) is 3.18. The van der Waals surface area contributed by atoms with Gasteiger partial charge < -0.3 is 10.0 Å². The van der Waals surface area contributed by atoms with Crippen LogP contribution in [0.15, 0.2) is 18.2 Å². The number of nitro benzene ring substituents is 1. The minimum Gasteiger partial charge on any atom is -0.480 e. The van der Waals surface area contributed by atoms with E-state index in [-0.39, 0.29) is 22.8 Å². The topological polar surface area (TPSA) is 101 Å². The van der Waals surface area contributed by atoms with Crippen molar-refractivity contribution in [2.24, 2.45) is 0 Å². The van der Waals surface area contributed by atoms with Gasteiger partial charge in [-0.1, -0.05) is 11.6 Å². The molecule has 1 saturated heterocycles. The predicted molar refractivity (Wildman–Crippen MR) is 69.8 cm³/mol. The Bertz CT molecular complexity index is 589. The molecule has 0 radical (unpaired) electrons. The lowest BCUT2D eigenvalue weighted by Gasteiger charge is -2.21. The minimum atomic E-state index is -1.11. The van der Waals surface area contributed by atoms with Gasteiger partial charge in [-0.05, 0) is 25.0 Å². The molecule has 1 atom stereocenters. The molecular formula is C12H11ClN2O5. The Morgan fingerprint density at radius 3 is 2.75 bits per heavy atom. The molecule has 8 heteroatoms. The molecule has 1 amide bonds. The molecule has 0 unspecified atom stereocenters. The highest BCUT2D eigenvalue weighted by atomic mass is 35.5. The SMILES string of the molecule is O=C(O)[C@@H]1CCCN1C(=O)c1cc(Cl)ccc1[N+](=O)[O-]. The number of rotatable bonds is 3. The molecular weight excluding hydrogens is 288 g/mol. The molecule has 1 N–H and O–H groups in total. The van der Waals surface area contributed by atoms with E-state index in [1.54, 1.807) is 0 Å². The number of likely N-dealkylation sites (tertiary alicyclic amines) is 1. The lowest BCUT2D eigenvalue weighted by Crippen LogP contribution is -2.40. The van der Waals surface area contributed by atoms with Gasteiger partial charge in [0.2, 0.25) is 0 Å². The normalized spacial score (nSPS) is 18.1. The molecule has 20 heavy (non-hydrogen) atoms. The van der Waals surface area contributed by atoms with Gasteiger partial charge in [0.05, 0.1) is 4.92 Å². The van der Waals surface area contributed by atoms with E-state index in [9.17, 15) is 19.7 Å². The zero-order valence-electron chi connectivity index (χ0n) is 10.3. The van der Waals surface area contributed by atoms with Gasteiger partial charge in [0.15, 0.2) is 0 Å². The predicted octanol–water partition coefficient (Wildman–Crippen LogP) is 1.94. The molecule has 0 spiro atoms. The van der Waals surface area contributed by atoms with Crippen LogP contribution in [0.3, 0.4) is 0 Å². The Morgan fingerprint density at radius 1 is 1.45 bits per heavy atom. The molecule has 0 aromatic heterocycles. The first-order chi connectivity index (χ1) is 9.41. The summed E-state index contributed by atoms with van der Waals surface area (Å²) in [5.41, 5.74) is -0.564. The summed E-state index contributed by atoms with van der Waals surface area (Å²) in [4.78, 5) is 34.8. The highest BCUT2D eigenvalue weighted by Gasteiger charge is 2.36. The molecule has 106 valence electrons. The Hall–Kier alpha value is -2.15. The van der Waals surface area contributed by atoms with Crippen LogP contribution in [0.2, 0.25) is 5.02 Å². The van der Waals surface area contributed by atoms with Crippen molar-refractivity contribution in [3.05, 3.63) is 38.9 Å². The van der Waals surface area contributed by atoms with Gasteiger partial charge >= 0.3 is 5.97 Å². The number of hydrogen-bond donors (Lipinski definition) is 1. The van der Waals surface area contributed by atoms with Crippen LogP contribution in [0.25, 0.3) is 0 Å². The number of nitro groups is 1. The number of nitrogens with zero attached hydrogens (tertiary/aromatic N) is 2. The maximum atomic E-state index is 12.3. The fourth-order valence-electron chi connectivity index (χ4n) is 2.26. The molecule has 7 nitrogen and oxygen atoms in total. The Balaban J connectivity index is 2.40. The quantitative estimate of drug-likeness (QED) is 0.679. The lowest BCUT2D eigenvalue weighted by molar-refractivity contribution is -0.385. The van der Waals surface area contributed by atoms with Crippen molar-refractivity contribution in [1.82, 2.24) is 4.90 Å². The standard InChI is InChI=1S/C12H11ClN2O5/c13-7-3-4-9(15(19)20)8(6-7)11(16)14-5-1-2-10(14)12(17)18/h3-4,6,10H,1-2,5H2,(H,17,18)/t10-/m0/s1. The second kappa shape index (κ2) is 5.46. The average molecular weight is 299 g/mol. The molecule has 1 aromatic carbocycles. The molecule has 0 aliphatic carbocycles. The molecule has 0 bridgehead atoms. The van der Waals surface area contributed by atoms with Crippen LogP contribution in [-0.2, 0) is 4.79 Å². The minimum absolute atomic E-state index is 0.185. The summed E-state index contributed by atoms with van der Waals surface area (Å²) in [7, 11) is 0. The number of halogens is 1. The zero-order chi connectivity index (χ0) is 14.9. The van der Waals surface area contributed by atoms with E-state index in [0.717, 1.165) is 11.0 Å². The van der Waals surface area contributed by atoms with E-state index in [1.807, 2.05) is 0 Å².